The van der Waals surface area contributed by atoms with Crippen LogP contribution in [0, 0.1) is 17.8 Å². The van der Waals surface area contributed by atoms with Gasteiger partial charge >= 0.3 is 0 Å². The maximum Gasteiger partial charge on any atom is 0.224 e. The Bertz CT molecular complexity index is 624. The molecule has 0 bridgehead atoms. The lowest BCUT2D eigenvalue weighted by molar-refractivity contribution is -0.123. The van der Waals surface area contributed by atoms with Crippen LogP contribution in [-0.4, -0.2) is 17.9 Å². The van der Waals surface area contributed by atoms with Crippen LogP contribution < -0.4 is 10.6 Å². The summed E-state index contributed by atoms with van der Waals surface area (Å²) in [4.78, 5) is 24.6. The van der Waals surface area contributed by atoms with E-state index in [1.807, 2.05) is 31.2 Å². The van der Waals surface area contributed by atoms with Gasteiger partial charge in [-0.15, -0.1) is 0 Å². The summed E-state index contributed by atoms with van der Waals surface area (Å²) in [7, 11) is 0. The van der Waals surface area contributed by atoms with Gasteiger partial charge in [-0.2, -0.15) is 0 Å². The molecule has 0 spiro atoms. The van der Waals surface area contributed by atoms with E-state index in [2.05, 4.69) is 38.3 Å². The Morgan fingerprint density at radius 2 is 1.63 bits per heavy atom. The third-order valence-electron chi connectivity index (χ3n) is 5.98. The number of carbonyl (C=O) groups is 2. The third-order valence-corrected chi connectivity index (χ3v) is 5.98. The van der Waals surface area contributed by atoms with Gasteiger partial charge in [-0.25, -0.2) is 0 Å². The van der Waals surface area contributed by atoms with Crippen molar-refractivity contribution in [1.82, 2.24) is 5.32 Å². The zero-order valence-corrected chi connectivity index (χ0v) is 17.5. The minimum absolute atomic E-state index is 0.0243. The van der Waals surface area contributed by atoms with Gasteiger partial charge in [-0.3, -0.25) is 9.59 Å². The van der Waals surface area contributed by atoms with Crippen LogP contribution in [0.2, 0.25) is 0 Å². The molecule has 0 unspecified atom stereocenters. The number of carbonyl (C=O) groups excluding carboxylic acids is 2. The predicted molar refractivity (Wildman–Crippen MR) is 112 cm³/mol. The molecule has 0 heterocycles. The normalized spacial score (nSPS) is 23.7. The second kappa shape index (κ2) is 9.91. The van der Waals surface area contributed by atoms with Gasteiger partial charge in [0, 0.05) is 24.6 Å². The average Bonchev–Trinajstić information content (AvgIpc) is 2.59. The Kier molecular flexibility index (Phi) is 7.88. The Balaban J connectivity index is 1.76. The summed E-state index contributed by atoms with van der Waals surface area (Å²) in [6.07, 6.45) is 4.26. The first-order valence-electron chi connectivity index (χ1n) is 10.5. The maximum atomic E-state index is 12.4. The number of anilines is 1. The van der Waals surface area contributed by atoms with Crippen molar-refractivity contribution >= 4 is 17.5 Å². The highest BCUT2D eigenvalue weighted by Gasteiger charge is 2.28. The molecular formula is C23H36N2O2. The zero-order valence-electron chi connectivity index (χ0n) is 17.5. The van der Waals surface area contributed by atoms with E-state index >= 15 is 0 Å². The molecule has 4 heteroatoms. The number of rotatable bonds is 7. The standard InChI is InChI=1S/C23H36N2O2/c1-15(2)19-9-11-20(12-10-19)24-22(26)13-16(3)14-23(27)25-21-8-6-7-17(4)18(21)5/h9-12,15-18,21H,6-8,13-14H2,1-5H3,(H,24,26)(H,25,27)/t16-,17-,18+,21+/m0/s1. The Hall–Kier alpha value is -1.84. The molecule has 27 heavy (non-hydrogen) atoms. The highest BCUT2D eigenvalue weighted by atomic mass is 16.2. The van der Waals surface area contributed by atoms with E-state index in [9.17, 15) is 9.59 Å². The molecule has 0 aliphatic heterocycles. The fourth-order valence-electron chi connectivity index (χ4n) is 3.92. The van der Waals surface area contributed by atoms with Crippen LogP contribution in [0.25, 0.3) is 0 Å². The molecule has 0 radical (unpaired) electrons. The smallest absolute Gasteiger partial charge is 0.224 e. The molecule has 1 aliphatic carbocycles. The van der Waals surface area contributed by atoms with E-state index < -0.39 is 0 Å². The van der Waals surface area contributed by atoms with Crippen molar-refractivity contribution in [3.63, 3.8) is 0 Å². The monoisotopic (exact) mass is 372 g/mol. The van der Waals surface area contributed by atoms with Crippen molar-refractivity contribution in [2.75, 3.05) is 5.32 Å². The fourth-order valence-corrected chi connectivity index (χ4v) is 3.92. The van der Waals surface area contributed by atoms with Crippen LogP contribution >= 0.6 is 0 Å². The first kappa shape index (κ1) is 21.5. The largest absolute Gasteiger partial charge is 0.353 e. The molecule has 0 aromatic heterocycles. The summed E-state index contributed by atoms with van der Waals surface area (Å²) in [5.41, 5.74) is 2.07. The second-order valence-electron chi connectivity index (χ2n) is 8.78. The van der Waals surface area contributed by atoms with Gasteiger partial charge in [-0.05, 0) is 47.8 Å². The average molecular weight is 373 g/mol. The quantitative estimate of drug-likeness (QED) is 0.699. The fraction of sp³-hybridized carbons (Fsp3) is 0.652. The number of benzene rings is 1. The van der Waals surface area contributed by atoms with E-state index in [0.29, 0.717) is 30.6 Å². The first-order valence-corrected chi connectivity index (χ1v) is 10.5. The molecule has 1 aliphatic rings. The minimum atomic E-state index is -0.0350. The highest BCUT2D eigenvalue weighted by Crippen LogP contribution is 2.29. The van der Waals surface area contributed by atoms with Crippen LogP contribution in [-0.2, 0) is 9.59 Å². The van der Waals surface area contributed by atoms with Gasteiger partial charge in [0.15, 0.2) is 0 Å². The molecule has 1 aromatic rings. The summed E-state index contributed by atoms with van der Waals surface area (Å²) < 4.78 is 0. The molecule has 4 nitrogen and oxygen atoms in total. The van der Waals surface area contributed by atoms with Crippen molar-refractivity contribution in [3.05, 3.63) is 29.8 Å². The number of amides is 2. The molecule has 0 saturated heterocycles. The van der Waals surface area contributed by atoms with Gasteiger partial charge in [0.2, 0.25) is 11.8 Å². The molecular weight excluding hydrogens is 336 g/mol. The molecule has 150 valence electrons. The van der Waals surface area contributed by atoms with Gasteiger partial charge < -0.3 is 10.6 Å². The van der Waals surface area contributed by atoms with Gasteiger partial charge in [0.05, 0.1) is 0 Å². The summed E-state index contributed by atoms with van der Waals surface area (Å²) in [6, 6.07) is 8.25. The van der Waals surface area contributed by atoms with Crippen LogP contribution in [0.4, 0.5) is 5.69 Å². The summed E-state index contributed by atoms with van der Waals surface area (Å²) in [5.74, 6) is 1.72. The molecule has 2 rings (SSSR count). The van der Waals surface area contributed by atoms with Crippen molar-refractivity contribution in [1.29, 1.82) is 0 Å². The van der Waals surface area contributed by atoms with E-state index in [4.69, 9.17) is 0 Å². The second-order valence-corrected chi connectivity index (χ2v) is 8.78. The maximum absolute atomic E-state index is 12.4. The van der Waals surface area contributed by atoms with Crippen LogP contribution in [0.15, 0.2) is 24.3 Å². The molecule has 1 aromatic carbocycles. The van der Waals surface area contributed by atoms with Crippen molar-refractivity contribution < 1.29 is 9.59 Å². The topological polar surface area (TPSA) is 58.2 Å². The Labute approximate surface area is 164 Å². The number of hydrogen-bond acceptors (Lipinski definition) is 2. The van der Waals surface area contributed by atoms with E-state index in [0.717, 1.165) is 12.1 Å². The van der Waals surface area contributed by atoms with Gasteiger partial charge in [0.1, 0.15) is 0 Å². The Morgan fingerprint density at radius 1 is 1.00 bits per heavy atom. The van der Waals surface area contributed by atoms with E-state index in [-0.39, 0.29) is 23.8 Å². The van der Waals surface area contributed by atoms with Crippen molar-refractivity contribution in [3.8, 4) is 0 Å². The zero-order chi connectivity index (χ0) is 20.0. The summed E-state index contributed by atoms with van der Waals surface area (Å²) in [6.45, 7) is 10.8. The highest BCUT2D eigenvalue weighted by molar-refractivity contribution is 5.91. The Morgan fingerprint density at radius 3 is 2.26 bits per heavy atom. The molecule has 1 fully saturated rings. The number of hydrogen-bond donors (Lipinski definition) is 2. The molecule has 1 saturated carbocycles. The summed E-state index contributed by atoms with van der Waals surface area (Å²) in [5, 5.41) is 6.13. The lowest BCUT2D eigenvalue weighted by Crippen LogP contribution is -2.44. The van der Waals surface area contributed by atoms with Crippen LogP contribution in [0.1, 0.15) is 78.2 Å². The van der Waals surface area contributed by atoms with E-state index in [1.54, 1.807) is 0 Å². The predicted octanol–water partition coefficient (Wildman–Crippen LogP) is 5.11. The third kappa shape index (κ3) is 6.67. The van der Waals surface area contributed by atoms with Crippen LogP contribution in [0.5, 0.6) is 0 Å². The molecule has 4 atom stereocenters. The molecule has 2 amide bonds. The first-order chi connectivity index (χ1) is 12.8. The number of nitrogens with one attached hydrogen (secondary N) is 2. The van der Waals surface area contributed by atoms with Crippen molar-refractivity contribution in [2.24, 2.45) is 17.8 Å². The SMILES string of the molecule is CC(C)c1ccc(NC(=O)C[C@H](C)CC(=O)N[C@@H]2CCC[C@H](C)[C@H]2C)cc1. The van der Waals surface area contributed by atoms with Gasteiger partial charge in [0.25, 0.3) is 0 Å². The lowest BCUT2D eigenvalue weighted by Gasteiger charge is -2.34. The molecule has 2 N–H and O–H groups in total. The van der Waals surface area contributed by atoms with Gasteiger partial charge in [-0.1, -0.05) is 59.6 Å². The lowest BCUT2D eigenvalue weighted by atomic mass is 9.78. The van der Waals surface area contributed by atoms with Crippen LogP contribution in [0.3, 0.4) is 0 Å². The minimum Gasteiger partial charge on any atom is -0.353 e. The van der Waals surface area contributed by atoms with E-state index in [1.165, 1.54) is 18.4 Å². The summed E-state index contributed by atoms with van der Waals surface area (Å²) >= 11 is 0. The van der Waals surface area contributed by atoms with Crippen molar-refractivity contribution in [2.45, 2.75) is 78.7 Å².